The minimum Gasteiger partial charge on any atom is -0.504 e. The number of methoxy groups -OCH3 is 1. The topological polar surface area (TPSA) is 80.5 Å². The van der Waals surface area contributed by atoms with E-state index >= 15 is 0 Å². The number of alkyl halides is 3. The van der Waals surface area contributed by atoms with Crippen molar-refractivity contribution < 1.29 is 37.7 Å². The van der Waals surface area contributed by atoms with E-state index in [9.17, 15) is 23.4 Å². The zero-order chi connectivity index (χ0) is 25.7. The van der Waals surface area contributed by atoms with Gasteiger partial charge in [-0.1, -0.05) is 24.2 Å². The molecule has 194 valence electrons. The molecule has 0 heterocycles. The number of aliphatic hydroxyl groups excluding tert-OH is 1. The SMILES string of the molecule is COc1cc2c(cc1O)C(=NOCc1ccc(OC(F)(F)F)cc1)C[C@@H]1[C@@H]2CC[C@]2(C)[C@@H](O)CC[C@@H]12. The fourth-order valence-electron chi connectivity index (χ4n) is 6.63. The number of nitrogens with zero attached hydrogens (tertiary/aromatic N) is 1. The van der Waals surface area contributed by atoms with Gasteiger partial charge in [-0.05, 0) is 90.7 Å². The monoisotopic (exact) mass is 505 g/mol. The van der Waals surface area contributed by atoms with Gasteiger partial charge in [0.2, 0.25) is 0 Å². The number of benzene rings is 2. The molecule has 0 spiro atoms. The lowest BCUT2D eigenvalue weighted by Gasteiger charge is -2.50. The van der Waals surface area contributed by atoms with Gasteiger partial charge in [0.1, 0.15) is 12.4 Å². The Morgan fingerprint density at radius 1 is 1.11 bits per heavy atom. The average molecular weight is 506 g/mol. The average Bonchev–Trinajstić information content (AvgIpc) is 3.13. The van der Waals surface area contributed by atoms with Crippen molar-refractivity contribution in [2.24, 2.45) is 22.4 Å². The van der Waals surface area contributed by atoms with E-state index in [0.29, 0.717) is 29.4 Å². The van der Waals surface area contributed by atoms with Gasteiger partial charge in [-0.3, -0.25) is 0 Å². The molecule has 2 fully saturated rings. The Kier molecular flexibility index (Phi) is 6.31. The van der Waals surface area contributed by atoms with Gasteiger partial charge in [-0.25, -0.2) is 0 Å². The van der Waals surface area contributed by atoms with Crippen molar-refractivity contribution in [3.63, 3.8) is 0 Å². The van der Waals surface area contributed by atoms with Crippen LogP contribution in [-0.2, 0) is 11.4 Å². The standard InChI is InChI=1S/C27H30F3NO5/c1-26-10-9-17-18-13-24(34-2)23(32)12-20(18)22(11-19(17)21(26)7-8-25(26)33)31-35-14-15-3-5-16(6-4-15)36-27(28,29)30/h3-6,12-13,17,19,21,25,32-33H,7-11,14H2,1-2H3/t17-,19-,21+,25+,26+/m1/s1. The predicted octanol–water partition coefficient (Wildman–Crippen LogP) is 5.89. The number of hydrogen-bond donors (Lipinski definition) is 2. The van der Waals surface area contributed by atoms with Crippen LogP contribution in [0.5, 0.6) is 17.2 Å². The summed E-state index contributed by atoms with van der Waals surface area (Å²) >= 11 is 0. The summed E-state index contributed by atoms with van der Waals surface area (Å²) in [5, 5.41) is 25.6. The van der Waals surface area contributed by atoms with Gasteiger partial charge in [0.15, 0.2) is 11.5 Å². The van der Waals surface area contributed by atoms with E-state index in [2.05, 4.69) is 16.8 Å². The number of ether oxygens (including phenoxy) is 2. The molecule has 0 aliphatic heterocycles. The van der Waals surface area contributed by atoms with Crippen molar-refractivity contribution in [1.29, 1.82) is 0 Å². The first-order chi connectivity index (χ1) is 17.1. The van der Waals surface area contributed by atoms with Crippen molar-refractivity contribution >= 4 is 5.71 Å². The fraction of sp³-hybridized carbons (Fsp3) is 0.519. The van der Waals surface area contributed by atoms with Gasteiger partial charge in [0.25, 0.3) is 0 Å². The van der Waals surface area contributed by atoms with Gasteiger partial charge < -0.3 is 24.5 Å². The summed E-state index contributed by atoms with van der Waals surface area (Å²) in [6.07, 6.45) is -0.739. The highest BCUT2D eigenvalue weighted by Crippen LogP contribution is 2.61. The van der Waals surface area contributed by atoms with E-state index in [-0.39, 0.29) is 41.5 Å². The molecule has 5 rings (SSSR count). The smallest absolute Gasteiger partial charge is 0.504 e. The van der Waals surface area contributed by atoms with E-state index in [1.807, 2.05) is 6.07 Å². The van der Waals surface area contributed by atoms with Crippen LogP contribution in [0, 0.1) is 17.3 Å². The molecular formula is C27H30F3NO5. The van der Waals surface area contributed by atoms with Crippen molar-refractivity contribution in [3.8, 4) is 17.2 Å². The van der Waals surface area contributed by atoms with Crippen molar-refractivity contribution in [3.05, 3.63) is 53.1 Å². The first kappa shape index (κ1) is 24.7. The second-order valence-electron chi connectivity index (χ2n) is 10.3. The second kappa shape index (κ2) is 9.18. The van der Waals surface area contributed by atoms with E-state index in [1.54, 1.807) is 6.07 Å². The Morgan fingerprint density at radius 2 is 1.86 bits per heavy atom. The lowest BCUT2D eigenvalue weighted by Crippen LogP contribution is -2.45. The molecule has 2 N–H and O–H groups in total. The van der Waals surface area contributed by atoms with Crippen LogP contribution in [0.15, 0.2) is 41.6 Å². The summed E-state index contributed by atoms with van der Waals surface area (Å²) in [4.78, 5) is 5.65. The Balaban J connectivity index is 1.40. The molecular weight excluding hydrogens is 475 g/mol. The number of aromatic hydroxyl groups is 1. The first-order valence-corrected chi connectivity index (χ1v) is 12.2. The minimum atomic E-state index is -4.74. The summed E-state index contributed by atoms with van der Waals surface area (Å²) in [5.41, 5.74) is 3.13. The third-order valence-corrected chi connectivity index (χ3v) is 8.44. The number of fused-ring (bicyclic) bond motifs is 5. The van der Waals surface area contributed by atoms with Gasteiger partial charge >= 0.3 is 6.36 Å². The zero-order valence-electron chi connectivity index (χ0n) is 20.2. The number of rotatable bonds is 5. The number of aliphatic hydroxyl groups is 1. The molecule has 3 aliphatic carbocycles. The van der Waals surface area contributed by atoms with E-state index in [0.717, 1.165) is 36.8 Å². The maximum Gasteiger partial charge on any atom is 0.573 e. The van der Waals surface area contributed by atoms with Crippen LogP contribution in [0.4, 0.5) is 13.2 Å². The first-order valence-electron chi connectivity index (χ1n) is 12.2. The molecule has 0 aromatic heterocycles. The van der Waals surface area contributed by atoms with Crippen LogP contribution in [0.25, 0.3) is 0 Å². The fourth-order valence-corrected chi connectivity index (χ4v) is 6.63. The van der Waals surface area contributed by atoms with E-state index < -0.39 is 6.36 Å². The largest absolute Gasteiger partial charge is 0.573 e. The second-order valence-corrected chi connectivity index (χ2v) is 10.3. The van der Waals surface area contributed by atoms with Crippen molar-refractivity contribution in [1.82, 2.24) is 0 Å². The number of halogens is 3. The number of oxime groups is 1. The molecule has 3 aliphatic rings. The molecule has 36 heavy (non-hydrogen) atoms. The molecule has 6 nitrogen and oxygen atoms in total. The molecule has 0 saturated heterocycles. The molecule has 9 heteroatoms. The normalized spacial score (nSPS) is 30.3. The van der Waals surface area contributed by atoms with Crippen molar-refractivity contribution in [2.45, 2.75) is 64.0 Å². The van der Waals surface area contributed by atoms with Gasteiger partial charge in [0, 0.05) is 5.56 Å². The van der Waals surface area contributed by atoms with Gasteiger partial charge in [-0.15, -0.1) is 13.2 Å². The third-order valence-electron chi connectivity index (χ3n) is 8.44. The Labute approximate surface area is 207 Å². The molecule has 2 saturated carbocycles. The molecule has 2 aromatic carbocycles. The van der Waals surface area contributed by atoms with Crippen LogP contribution in [-0.4, -0.2) is 35.5 Å². The predicted molar refractivity (Wildman–Crippen MR) is 126 cm³/mol. The van der Waals surface area contributed by atoms with E-state index in [4.69, 9.17) is 9.57 Å². The van der Waals surface area contributed by atoms with Gasteiger partial charge in [0.05, 0.1) is 18.9 Å². The summed E-state index contributed by atoms with van der Waals surface area (Å²) < 4.78 is 46.5. The number of phenols is 1. The number of hydrogen-bond acceptors (Lipinski definition) is 6. The molecule has 0 bridgehead atoms. The Morgan fingerprint density at radius 3 is 2.56 bits per heavy atom. The maximum absolute atomic E-state index is 12.4. The minimum absolute atomic E-state index is 0.0274. The lowest BCUT2D eigenvalue weighted by atomic mass is 9.55. The van der Waals surface area contributed by atoms with Crippen LogP contribution >= 0.6 is 0 Å². The summed E-state index contributed by atoms with van der Waals surface area (Å²) in [7, 11) is 1.52. The highest BCUT2D eigenvalue weighted by atomic mass is 19.4. The molecule has 2 aromatic rings. The summed E-state index contributed by atoms with van der Waals surface area (Å²) in [6, 6.07) is 9.03. The molecule has 0 unspecified atom stereocenters. The van der Waals surface area contributed by atoms with E-state index in [1.165, 1.54) is 31.4 Å². The summed E-state index contributed by atoms with van der Waals surface area (Å²) in [6.45, 7) is 2.26. The lowest BCUT2D eigenvalue weighted by molar-refractivity contribution is -0.274. The quantitative estimate of drug-likeness (QED) is 0.495. The van der Waals surface area contributed by atoms with Gasteiger partial charge in [-0.2, -0.15) is 0 Å². The maximum atomic E-state index is 12.4. The third kappa shape index (κ3) is 4.49. The molecule has 0 radical (unpaired) electrons. The highest BCUT2D eigenvalue weighted by Gasteiger charge is 2.55. The summed E-state index contributed by atoms with van der Waals surface area (Å²) in [5.74, 6) is 1.05. The number of phenolic OH excluding ortho intramolecular Hbond substituents is 1. The van der Waals surface area contributed by atoms with Crippen LogP contribution in [0.3, 0.4) is 0 Å². The Bertz CT molecular complexity index is 1150. The van der Waals surface area contributed by atoms with Crippen LogP contribution in [0.2, 0.25) is 0 Å². The Hall–Kier alpha value is -2.94. The van der Waals surface area contributed by atoms with Crippen LogP contribution in [0.1, 0.15) is 61.6 Å². The molecule has 0 amide bonds. The highest BCUT2D eigenvalue weighted by molar-refractivity contribution is 6.03. The zero-order valence-corrected chi connectivity index (χ0v) is 20.2. The van der Waals surface area contributed by atoms with Crippen LogP contribution < -0.4 is 9.47 Å². The molecule has 5 atom stereocenters. The van der Waals surface area contributed by atoms with Crippen molar-refractivity contribution in [2.75, 3.05) is 7.11 Å².